The molecule has 0 radical (unpaired) electrons. The molecule has 2 rings (SSSR count). The third-order valence-electron chi connectivity index (χ3n) is 2.80. The molecule has 14 heavy (non-hydrogen) atoms. The van der Waals surface area contributed by atoms with Gasteiger partial charge in [0, 0.05) is 5.56 Å². The molecular weight excluding hydrogens is 172 g/mol. The molecule has 0 unspecified atom stereocenters. The highest BCUT2D eigenvalue weighted by molar-refractivity contribution is 5.64. The molecule has 0 aliphatic heterocycles. The normalized spacial score (nSPS) is 14.9. The van der Waals surface area contributed by atoms with Crippen molar-refractivity contribution >= 4 is 5.76 Å². The van der Waals surface area contributed by atoms with Gasteiger partial charge in [-0.05, 0) is 31.8 Å². The lowest BCUT2D eigenvalue weighted by molar-refractivity contribution is 0.359. The predicted octanol–water partition coefficient (Wildman–Crippen LogP) is 3.54. The van der Waals surface area contributed by atoms with E-state index in [4.69, 9.17) is 4.74 Å². The van der Waals surface area contributed by atoms with E-state index in [0.717, 1.165) is 5.76 Å². The van der Waals surface area contributed by atoms with E-state index in [1.807, 2.05) is 0 Å². The lowest BCUT2D eigenvalue weighted by Gasteiger charge is -2.21. The molecular formula is C13H16O. The summed E-state index contributed by atoms with van der Waals surface area (Å²) in [5.74, 6) is 1.09. The molecule has 74 valence electrons. The fourth-order valence-corrected chi connectivity index (χ4v) is 1.75. The highest BCUT2D eigenvalue weighted by atomic mass is 16.5. The second-order valence-electron chi connectivity index (χ2n) is 3.86. The maximum absolute atomic E-state index is 5.46. The molecule has 1 aromatic rings. The van der Waals surface area contributed by atoms with Gasteiger partial charge in [0.2, 0.25) is 0 Å². The van der Waals surface area contributed by atoms with Crippen LogP contribution in [0.25, 0.3) is 5.76 Å². The number of ether oxygens (including phenoxy) is 1. The van der Waals surface area contributed by atoms with Gasteiger partial charge in [0.1, 0.15) is 5.76 Å². The minimum absolute atomic E-state index is 1.09. The Morgan fingerprint density at radius 3 is 2.21 bits per heavy atom. The molecule has 0 heterocycles. The average Bonchev–Trinajstić information content (AvgIpc) is 2.13. The van der Waals surface area contributed by atoms with Crippen molar-refractivity contribution in [3.8, 4) is 0 Å². The Bertz CT molecular complexity index is 340. The first-order valence-electron chi connectivity index (χ1n) is 5.14. The number of benzene rings is 1. The fourth-order valence-electron chi connectivity index (χ4n) is 1.75. The molecule has 1 fully saturated rings. The zero-order valence-electron chi connectivity index (χ0n) is 8.84. The quantitative estimate of drug-likeness (QED) is 0.645. The number of allylic oxidation sites excluding steroid dienone is 1. The lowest BCUT2D eigenvalue weighted by Crippen LogP contribution is -2.03. The average molecular weight is 188 g/mol. The van der Waals surface area contributed by atoms with Crippen LogP contribution in [0, 0.1) is 6.92 Å². The van der Waals surface area contributed by atoms with Gasteiger partial charge in [-0.2, -0.15) is 0 Å². The van der Waals surface area contributed by atoms with Gasteiger partial charge in [-0.25, -0.2) is 0 Å². The molecule has 0 atom stereocenters. The SMILES string of the molecule is COC(=C1CCC1)c1ccc(C)cc1. The Kier molecular flexibility index (Phi) is 2.58. The Hall–Kier alpha value is -1.24. The highest BCUT2D eigenvalue weighted by Crippen LogP contribution is 2.33. The van der Waals surface area contributed by atoms with E-state index in [0.29, 0.717) is 0 Å². The number of rotatable bonds is 2. The second-order valence-corrected chi connectivity index (χ2v) is 3.86. The van der Waals surface area contributed by atoms with E-state index >= 15 is 0 Å². The summed E-state index contributed by atoms with van der Waals surface area (Å²) < 4.78 is 5.46. The molecule has 1 nitrogen and oxygen atoms in total. The second kappa shape index (κ2) is 3.87. The summed E-state index contributed by atoms with van der Waals surface area (Å²) in [7, 11) is 1.76. The van der Waals surface area contributed by atoms with Crippen LogP contribution in [-0.2, 0) is 4.74 Å². The van der Waals surface area contributed by atoms with Crippen molar-refractivity contribution in [2.75, 3.05) is 7.11 Å². The van der Waals surface area contributed by atoms with Gasteiger partial charge in [-0.1, -0.05) is 29.8 Å². The van der Waals surface area contributed by atoms with Crippen LogP contribution in [-0.4, -0.2) is 7.11 Å². The molecule has 1 aromatic carbocycles. The van der Waals surface area contributed by atoms with E-state index in [9.17, 15) is 0 Å². The molecule has 0 amide bonds. The molecule has 1 saturated carbocycles. The zero-order valence-corrected chi connectivity index (χ0v) is 8.84. The number of hydrogen-bond donors (Lipinski definition) is 0. The first kappa shape index (κ1) is 9.32. The Balaban J connectivity index is 2.32. The standard InChI is InChI=1S/C13H16O/c1-10-6-8-12(9-7-10)13(14-2)11-4-3-5-11/h6-9H,3-5H2,1-2H3. The lowest BCUT2D eigenvalue weighted by atomic mass is 9.89. The van der Waals surface area contributed by atoms with Gasteiger partial charge in [-0.15, -0.1) is 0 Å². The number of aryl methyl sites for hydroxylation is 1. The van der Waals surface area contributed by atoms with E-state index in [1.54, 1.807) is 7.11 Å². The Morgan fingerprint density at radius 1 is 1.14 bits per heavy atom. The minimum atomic E-state index is 1.09. The van der Waals surface area contributed by atoms with Crippen molar-refractivity contribution in [3.63, 3.8) is 0 Å². The third-order valence-corrected chi connectivity index (χ3v) is 2.80. The van der Waals surface area contributed by atoms with E-state index in [2.05, 4.69) is 31.2 Å². The minimum Gasteiger partial charge on any atom is -0.496 e. The Morgan fingerprint density at radius 2 is 1.79 bits per heavy atom. The van der Waals surface area contributed by atoms with Gasteiger partial charge in [0.15, 0.2) is 0 Å². The Labute approximate surface area is 85.4 Å². The van der Waals surface area contributed by atoms with Crippen LogP contribution in [0.3, 0.4) is 0 Å². The number of methoxy groups -OCH3 is 1. The number of hydrogen-bond acceptors (Lipinski definition) is 1. The molecule has 0 saturated heterocycles. The van der Waals surface area contributed by atoms with Gasteiger partial charge in [0.05, 0.1) is 7.11 Å². The fraction of sp³-hybridized carbons (Fsp3) is 0.385. The van der Waals surface area contributed by atoms with Crippen molar-refractivity contribution in [3.05, 3.63) is 41.0 Å². The summed E-state index contributed by atoms with van der Waals surface area (Å²) in [6, 6.07) is 8.54. The first-order valence-corrected chi connectivity index (χ1v) is 5.14. The van der Waals surface area contributed by atoms with Crippen LogP contribution in [0.5, 0.6) is 0 Å². The summed E-state index contributed by atoms with van der Waals surface area (Å²) in [6.07, 6.45) is 3.72. The zero-order chi connectivity index (χ0) is 9.97. The van der Waals surface area contributed by atoms with Crippen molar-refractivity contribution in [2.45, 2.75) is 26.2 Å². The van der Waals surface area contributed by atoms with Crippen LogP contribution in [0.15, 0.2) is 29.8 Å². The first-order chi connectivity index (χ1) is 6.81. The third kappa shape index (κ3) is 1.67. The van der Waals surface area contributed by atoms with Gasteiger partial charge < -0.3 is 4.74 Å². The summed E-state index contributed by atoms with van der Waals surface area (Å²) in [6.45, 7) is 2.10. The van der Waals surface area contributed by atoms with Crippen LogP contribution < -0.4 is 0 Å². The van der Waals surface area contributed by atoms with Crippen molar-refractivity contribution in [2.24, 2.45) is 0 Å². The monoisotopic (exact) mass is 188 g/mol. The molecule has 1 aliphatic rings. The molecule has 0 bridgehead atoms. The van der Waals surface area contributed by atoms with E-state index in [-0.39, 0.29) is 0 Å². The topological polar surface area (TPSA) is 9.23 Å². The van der Waals surface area contributed by atoms with Crippen molar-refractivity contribution in [1.29, 1.82) is 0 Å². The summed E-state index contributed by atoms with van der Waals surface area (Å²) in [5.41, 5.74) is 3.98. The highest BCUT2D eigenvalue weighted by Gasteiger charge is 2.16. The molecule has 1 aliphatic carbocycles. The van der Waals surface area contributed by atoms with Gasteiger partial charge in [-0.3, -0.25) is 0 Å². The van der Waals surface area contributed by atoms with Crippen molar-refractivity contribution < 1.29 is 4.74 Å². The van der Waals surface area contributed by atoms with Crippen LogP contribution >= 0.6 is 0 Å². The molecule has 0 N–H and O–H groups in total. The van der Waals surface area contributed by atoms with Gasteiger partial charge in [0.25, 0.3) is 0 Å². The molecule has 0 aromatic heterocycles. The largest absolute Gasteiger partial charge is 0.496 e. The maximum atomic E-state index is 5.46. The maximum Gasteiger partial charge on any atom is 0.125 e. The smallest absolute Gasteiger partial charge is 0.125 e. The van der Waals surface area contributed by atoms with Gasteiger partial charge >= 0.3 is 0 Å². The summed E-state index contributed by atoms with van der Waals surface area (Å²) in [4.78, 5) is 0. The summed E-state index contributed by atoms with van der Waals surface area (Å²) in [5, 5.41) is 0. The van der Waals surface area contributed by atoms with Crippen LogP contribution in [0.1, 0.15) is 30.4 Å². The van der Waals surface area contributed by atoms with Crippen LogP contribution in [0.4, 0.5) is 0 Å². The van der Waals surface area contributed by atoms with Crippen LogP contribution in [0.2, 0.25) is 0 Å². The van der Waals surface area contributed by atoms with E-state index in [1.165, 1.54) is 36.0 Å². The van der Waals surface area contributed by atoms with Crippen molar-refractivity contribution in [1.82, 2.24) is 0 Å². The molecule has 0 spiro atoms. The van der Waals surface area contributed by atoms with E-state index < -0.39 is 0 Å². The molecule has 1 heteroatoms. The summed E-state index contributed by atoms with van der Waals surface area (Å²) >= 11 is 0. The predicted molar refractivity (Wildman–Crippen MR) is 59.0 cm³/mol.